The lowest BCUT2D eigenvalue weighted by Crippen LogP contribution is -2.23. The van der Waals surface area contributed by atoms with Gasteiger partial charge in [-0.2, -0.15) is 0 Å². The topological polar surface area (TPSA) is 56.1 Å². The summed E-state index contributed by atoms with van der Waals surface area (Å²) in [5.41, 5.74) is 2.77. The second kappa shape index (κ2) is 7.00. The van der Waals surface area contributed by atoms with Gasteiger partial charge in [-0.25, -0.2) is 4.98 Å². The van der Waals surface area contributed by atoms with Crippen molar-refractivity contribution in [2.45, 2.75) is 13.5 Å². The number of ether oxygens (including phenoxy) is 1. The molecule has 0 aliphatic rings. The normalized spacial score (nSPS) is 10.4. The van der Waals surface area contributed by atoms with Crippen LogP contribution >= 0.6 is 0 Å². The summed E-state index contributed by atoms with van der Waals surface area (Å²) in [4.78, 5) is 16.9. The molecule has 0 saturated heterocycles. The van der Waals surface area contributed by atoms with E-state index in [9.17, 15) is 4.79 Å². The Hall–Kier alpha value is -3.08. The Balaban J connectivity index is 1.88. The van der Waals surface area contributed by atoms with Crippen molar-refractivity contribution in [1.82, 2.24) is 9.55 Å². The molecule has 5 heteroatoms. The standard InChI is InChI=1S/C19H19N3O2/c1-14-7-9-15(10-8-14)13-21-18-19(23)22(12-11-20-18)16-5-3-4-6-17(16)24-2/h3-12H,13H2,1-2H3,(H,20,21). The van der Waals surface area contributed by atoms with E-state index in [2.05, 4.69) is 10.3 Å². The van der Waals surface area contributed by atoms with Gasteiger partial charge in [0.1, 0.15) is 5.75 Å². The van der Waals surface area contributed by atoms with Gasteiger partial charge >= 0.3 is 0 Å². The van der Waals surface area contributed by atoms with Gasteiger partial charge in [-0.15, -0.1) is 0 Å². The van der Waals surface area contributed by atoms with Crippen molar-refractivity contribution < 1.29 is 4.74 Å². The van der Waals surface area contributed by atoms with Crippen molar-refractivity contribution in [1.29, 1.82) is 0 Å². The summed E-state index contributed by atoms with van der Waals surface area (Å²) in [6.07, 6.45) is 3.24. The van der Waals surface area contributed by atoms with E-state index in [1.54, 1.807) is 19.5 Å². The molecule has 1 N–H and O–H groups in total. The van der Waals surface area contributed by atoms with Crippen molar-refractivity contribution in [3.05, 3.63) is 82.4 Å². The zero-order valence-electron chi connectivity index (χ0n) is 13.7. The molecule has 2 aromatic carbocycles. The molecule has 0 saturated carbocycles. The molecule has 0 bridgehead atoms. The van der Waals surface area contributed by atoms with Gasteiger partial charge in [-0.05, 0) is 24.6 Å². The first-order valence-electron chi connectivity index (χ1n) is 7.69. The molecule has 0 spiro atoms. The first-order chi connectivity index (χ1) is 11.7. The molecule has 0 atom stereocenters. The quantitative estimate of drug-likeness (QED) is 0.784. The molecule has 0 aliphatic heterocycles. The highest BCUT2D eigenvalue weighted by Gasteiger charge is 2.10. The second-order valence-electron chi connectivity index (χ2n) is 5.46. The minimum atomic E-state index is -0.214. The zero-order chi connectivity index (χ0) is 16.9. The maximum absolute atomic E-state index is 12.7. The lowest BCUT2D eigenvalue weighted by molar-refractivity contribution is 0.412. The molecular formula is C19H19N3O2. The molecule has 0 aliphatic carbocycles. The summed E-state index contributed by atoms with van der Waals surface area (Å²) in [5.74, 6) is 0.944. The van der Waals surface area contributed by atoms with Crippen molar-refractivity contribution >= 4 is 5.82 Å². The van der Waals surface area contributed by atoms with E-state index in [-0.39, 0.29) is 5.56 Å². The SMILES string of the molecule is COc1ccccc1-n1ccnc(NCc2ccc(C)cc2)c1=O. The van der Waals surface area contributed by atoms with Gasteiger partial charge < -0.3 is 10.1 Å². The molecule has 0 radical (unpaired) electrons. The van der Waals surface area contributed by atoms with Crippen LogP contribution in [0.5, 0.6) is 5.75 Å². The molecule has 0 unspecified atom stereocenters. The third kappa shape index (κ3) is 3.30. The van der Waals surface area contributed by atoms with Crippen LogP contribution in [0.25, 0.3) is 5.69 Å². The Bertz CT molecular complexity index is 886. The summed E-state index contributed by atoms with van der Waals surface area (Å²) in [6.45, 7) is 2.58. The highest BCUT2D eigenvalue weighted by Crippen LogP contribution is 2.20. The highest BCUT2D eigenvalue weighted by atomic mass is 16.5. The summed E-state index contributed by atoms with van der Waals surface area (Å²) >= 11 is 0. The number of methoxy groups -OCH3 is 1. The Kier molecular flexibility index (Phi) is 4.61. The van der Waals surface area contributed by atoms with Crippen LogP contribution in [0, 0.1) is 6.92 Å². The predicted molar refractivity (Wildman–Crippen MR) is 94.9 cm³/mol. The number of aryl methyl sites for hydroxylation is 1. The number of rotatable bonds is 5. The molecule has 1 aromatic heterocycles. The van der Waals surface area contributed by atoms with Crippen LogP contribution < -0.4 is 15.6 Å². The molecule has 3 aromatic rings. The van der Waals surface area contributed by atoms with Crippen molar-refractivity contribution in [3.8, 4) is 11.4 Å². The van der Waals surface area contributed by atoms with Crippen molar-refractivity contribution in [3.63, 3.8) is 0 Å². The summed E-state index contributed by atoms with van der Waals surface area (Å²) in [7, 11) is 1.58. The fourth-order valence-electron chi connectivity index (χ4n) is 2.44. The number of aromatic nitrogens is 2. The van der Waals surface area contributed by atoms with Crippen molar-refractivity contribution in [2.24, 2.45) is 0 Å². The molecule has 24 heavy (non-hydrogen) atoms. The summed E-state index contributed by atoms with van der Waals surface area (Å²) in [5, 5.41) is 3.11. The highest BCUT2D eigenvalue weighted by molar-refractivity contribution is 5.48. The molecule has 0 amide bonds. The van der Waals surface area contributed by atoms with Crippen LogP contribution in [0.1, 0.15) is 11.1 Å². The number of nitrogens with one attached hydrogen (secondary N) is 1. The van der Waals surface area contributed by atoms with Crippen LogP contribution in [0.4, 0.5) is 5.82 Å². The van der Waals surface area contributed by atoms with E-state index in [0.29, 0.717) is 23.8 Å². The number of anilines is 1. The third-order valence-corrected chi connectivity index (χ3v) is 3.77. The first kappa shape index (κ1) is 15.8. The van der Waals surface area contributed by atoms with Gasteiger partial charge in [0, 0.05) is 18.9 Å². The smallest absolute Gasteiger partial charge is 0.297 e. The van der Waals surface area contributed by atoms with Gasteiger partial charge in [0.25, 0.3) is 5.56 Å². The predicted octanol–water partition coefficient (Wildman–Crippen LogP) is 3.16. The third-order valence-electron chi connectivity index (χ3n) is 3.77. The number of hydrogen-bond donors (Lipinski definition) is 1. The Labute approximate surface area is 140 Å². The van der Waals surface area contributed by atoms with Gasteiger partial charge in [-0.3, -0.25) is 9.36 Å². The summed E-state index contributed by atoms with van der Waals surface area (Å²) < 4.78 is 6.87. The molecular weight excluding hydrogens is 302 g/mol. The van der Waals surface area contributed by atoms with Gasteiger partial charge in [0.15, 0.2) is 5.82 Å². The van der Waals surface area contributed by atoms with E-state index in [1.165, 1.54) is 10.1 Å². The molecule has 3 rings (SSSR count). The minimum Gasteiger partial charge on any atom is -0.495 e. The fraction of sp³-hybridized carbons (Fsp3) is 0.158. The lowest BCUT2D eigenvalue weighted by Gasteiger charge is -2.12. The molecule has 5 nitrogen and oxygen atoms in total. The van der Waals surface area contributed by atoms with E-state index in [0.717, 1.165) is 5.56 Å². The van der Waals surface area contributed by atoms with Crippen molar-refractivity contribution in [2.75, 3.05) is 12.4 Å². The van der Waals surface area contributed by atoms with Gasteiger partial charge in [0.2, 0.25) is 0 Å². The lowest BCUT2D eigenvalue weighted by atomic mass is 10.1. The maximum Gasteiger partial charge on any atom is 0.297 e. The van der Waals surface area contributed by atoms with E-state index in [4.69, 9.17) is 4.74 Å². The van der Waals surface area contributed by atoms with E-state index in [1.807, 2.05) is 55.5 Å². The fourth-order valence-corrected chi connectivity index (χ4v) is 2.44. The number of para-hydroxylation sites is 2. The Morgan fingerprint density at radius 3 is 2.62 bits per heavy atom. The monoisotopic (exact) mass is 321 g/mol. The van der Waals surface area contributed by atoms with Crippen LogP contribution in [0.3, 0.4) is 0 Å². The zero-order valence-corrected chi connectivity index (χ0v) is 13.7. The minimum absolute atomic E-state index is 0.214. The van der Waals surface area contributed by atoms with Crippen LogP contribution in [0.15, 0.2) is 65.7 Å². The second-order valence-corrected chi connectivity index (χ2v) is 5.46. The number of hydrogen-bond acceptors (Lipinski definition) is 4. The average molecular weight is 321 g/mol. The van der Waals surface area contributed by atoms with Gasteiger partial charge in [-0.1, -0.05) is 42.0 Å². The maximum atomic E-state index is 12.7. The molecule has 122 valence electrons. The van der Waals surface area contributed by atoms with Crippen LogP contribution in [-0.4, -0.2) is 16.7 Å². The Morgan fingerprint density at radius 2 is 1.88 bits per heavy atom. The largest absolute Gasteiger partial charge is 0.495 e. The van der Waals surface area contributed by atoms with E-state index >= 15 is 0 Å². The number of benzene rings is 2. The Morgan fingerprint density at radius 1 is 1.12 bits per heavy atom. The molecule has 1 heterocycles. The van der Waals surface area contributed by atoms with Crippen LogP contribution in [0.2, 0.25) is 0 Å². The summed E-state index contributed by atoms with van der Waals surface area (Å²) in [6, 6.07) is 15.5. The van der Waals surface area contributed by atoms with Crippen LogP contribution in [-0.2, 0) is 6.54 Å². The van der Waals surface area contributed by atoms with E-state index < -0.39 is 0 Å². The first-order valence-corrected chi connectivity index (χ1v) is 7.69. The average Bonchev–Trinajstić information content (AvgIpc) is 2.62. The van der Waals surface area contributed by atoms with Gasteiger partial charge in [0.05, 0.1) is 12.8 Å². The molecule has 0 fully saturated rings. The number of nitrogens with zero attached hydrogens (tertiary/aromatic N) is 2.